The maximum Gasteiger partial charge on any atom is 0.308 e. The molecule has 0 saturated heterocycles. The third-order valence-corrected chi connectivity index (χ3v) is 3.52. The minimum Gasteiger partial charge on any atom is -0.481 e. The van der Waals surface area contributed by atoms with Crippen LogP contribution in [-0.2, 0) is 4.79 Å². The Bertz CT molecular complexity index is 343. The van der Waals surface area contributed by atoms with Gasteiger partial charge in [-0.2, -0.15) is 0 Å². The zero-order chi connectivity index (χ0) is 11.6. The molecule has 0 aliphatic carbocycles. The molecule has 2 atom stereocenters. The van der Waals surface area contributed by atoms with Crippen LogP contribution in [0.2, 0.25) is 0 Å². The number of thiazole rings is 1. The van der Waals surface area contributed by atoms with Crippen molar-refractivity contribution < 1.29 is 9.90 Å². The number of anilines is 1. The van der Waals surface area contributed by atoms with Crippen LogP contribution in [0.1, 0.15) is 24.4 Å². The first-order valence-corrected chi connectivity index (χ1v) is 5.67. The summed E-state index contributed by atoms with van der Waals surface area (Å²) in [5.41, 5.74) is 0.998. The Kier molecular flexibility index (Phi) is 3.68. The molecule has 0 aliphatic heterocycles. The highest BCUT2D eigenvalue weighted by molar-refractivity contribution is 7.15. The van der Waals surface area contributed by atoms with Gasteiger partial charge in [0.05, 0.1) is 11.6 Å². The number of hydrogen-bond acceptors (Lipinski definition) is 4. The zero-order valence-corrected chi connectivity index (χ0v) is 10.2. The predicted octanol–water partition coefficient (Wildman–Crippen LogP) is 2.28. The Morgan fingerprint density at radius 2 is 2.07 bits per heavy atom. The lowest BCUT2D eigenvalue weighted by Gasteiger charge is -2.16. The number of rotatable bonds is 4. The average molecular weight is 228 g/mol. The zero-order valence-electron chi connectivity index (χ0n) is 9.37. The smallest absolute Gasteiger partial charge is 0.308 e. The van der Waals surface area contributed by atoms with Gasteiger partial charge in [0.15, 0.2) is 5.13 Å². The van der Waals surface area contributed by atoms with Crippen LogP contribution in [0.25, 0.3) is 0 Å². The summed E-state index contributed by atoms with van der Waals surface area (Å²) in [7, 11) is 0. The van der Waals surface area contributed by atoms with Crippen molar-refractivity contribution in [1.29, 1.82) is 0 Å². The molecule has 1 aromatic rings. The molecule has 1 aromatic heterocycles. The van der Waals surface area contributed by atoms with Crippen molar-refractivity contribution in [3.05, 3.63) is 10.6 Å². The van der Waals surface area contributed by atoms with E-state index in [9.17, 15) is 4.79 Å². The van der Waals surface area contributed by atoms with E-state index in [2.05, 4.69) is 10.3 Å². The standard InChI is InChI=1S/C10H16N2O2S/c1-5(9(13)14)6(2)11-10-12-7(3)8(4)15-10/h5-6H,1-4H3,(H,11,12)(H,13,14). The van der Waals surface area contributed by atoms with Gasteiger partial charge in [-0.3, -0.25) is 4.79 Å². The van der Waals surface area contributed by atoms with Crippen LogP contribution in [-0.4, -0.2) is 22.1 Å². The van der Waals surface area contributed by atoms with E-state index in [0.29, 0.717) is 0 Å². The van der Waals surface area contributed by atoms with E-state index in [1.54, 1.807) is 18.3 Å². The molecular weight excluding hydrogens is 212 g/mol. The second-order valence-electron chi connectivity index (χ2n) is 3.72. The van der Waals surface area contributed by atoms with Crippen molar-refractivity contribution >= 4 is 22.4 Å². The molecule has 15 heavy (non-hydrogen) atoms. The fourth-order valence-electron chi connectivity index (χ4n) is 1.07. The molecule has 0 aromatic carbocycles. The summed E-state index contributed by atoms with van der Waals surface area (Å²) in [6, 6.07) is -0.118. The summed E-state index contributed by atoms with van der Waals surface area (Å²) in [5.74, 6) is -1.21. The number of nitrogens with one attached hydrogen (secondary N) is 1. The molecule has 1 heterocycles. The van der Waals surface area contributed by atoms with Gasteiger partial charge in [-0.05, 0) is 27.7 Å². The molecule has 0 amide bonds. The molecule has 1 rings (SSSR count). The topological polar surface area (TPSA) is 62.2 Å². The van der Waals surface area contributed by atoms with Crippen molar-refractivity contribution in [2.75, 3.05) is 5.32 Å². The second kappa shape index (κ2) is 4.61. The van der Waals surface area contributed by atoms with Crippen LogP contribution in [0, 0.1) is 19.8 Å². The molecule has 0 bridgehead atoms. The van der Waals surface area contributed by atoms with E-state index in [0.717, 1.165) is 15.7 Å². The Balaban J connectivity index is 2.66. The lowest BCUT2D eigenvalue weighted by molar-refractivity contribution is -0.141. The fraction of sp³-hybridized carbons (Fsp3) is 0.600. The van der Waals surface area contributed by atoms with E-state index >= 15 is 0 Å². The Morgan fingerprint density at radius 1 is 1.47 bits per heavy atom. The lowest BCUT2D eigenvalue weighted by Crippen LogP contribution is -2.29. The molecule has 4 nitrogen and oxygen atoms in total. The minimum atomic E-state index is -0.792. The highest BCUT2D eigenvalue weighted by atomic mass is 32.1. The highest BCUT2D eigenvalue weighted by Crippen LogP contribution is 2.22. The highest BCUT2D eigenvalue weighted by Gasteiger charge is 2.20. The number of hydrogen-bond donors (Lipinski definition) is 2. The first-order chi connectivity index (χ1) is 6.91. The largest absolute Gasteiger partial charge is 0.481 e. The second-order valence-corrected chi connectivity index (χ2v) is 4.92. The molecular formula is C10H16N2O2S. The van der Waals surface area contributed by atoms with Crippen LogP contribution >= 0.6 is 11.3 Å². The van der Waals surface area contributed by atoms with E-state index in [-0.39, 0.29) is 6.04 Å². The summed E-state index contributed by atoms with van der Waals surface area (Å²) < 4.78 is 0. The van der Waals surface area contributed by atoms with Gasteiger partial charge in [0.1, 0.15) is 0 Å². The van der Waals surface area contributed by atoms with Crippen molar-refractivity contribution in [1.82, 2.24) is 4.98 Å². The molecule has 0 aliphatic rings. The molecule has 2 unspecified atom stereocenters. The van der Waals surface area contributed by atoms with Gasteiger partial charge in [-0.1, -0.05) is 0 Å². The molecule has 0 radical (unpaired) electrons. The first-order valence-electron chi connectivity index (χ1n) is 4.85. The SMILES string of the molecule is Cc1nc(NC(C)C(C)C(=O)O)sc1C. The van der Waals surface area contributed by atoms with Gasteiger partial charge < -0.3 is 10.4 Å². The van der Waals surface area contributed by atoms with E-state index < -0.39 is 11.9 Å². The molecule has 84 valence electrons. The van der Waals surface area contributed by atoms with Crippen molar-refractivity contribution in [2.45, 2.75) is 33.7 Å². The molecule has 2 N–H and O–H groups in total. The normalized spacial score (nSPS) is 14.7. The van der Waals surface area contributed by atoms with Gasteiger partial charge in [-0.15, -0.1) is 11.3 Å². The van der Waals surface area contributed by atoms with Gasteiger partial charge in [0, 0.05) is 10.9 Å². The molecule has 0 spiro atoms. The number of carbonyl (C=O) groups is 1. The Morgan fingerprint density at radius 3 is 2.47 bits per heavy atom. The third kappa shape index (κ3) is 2.92. The monoisotopic (exact) mass is 228 g/mol. The van der Waals surface area contributed by atoms with Gasteiger partial charge in [0.25, 0.3) is 0 Å². The van der Waals surface area contributed by atoms with Gasteiger partial charge in [-0.25, -0.2) is 4.98 Å². The van der Waals surface area contributed by atoms with E-state index in [4.69, 9.17) is 5.11 Å². The number of aromatic nitrogens is 1. The fourth-order valence-corrected chi connectivity index (χ4v) is 1.98. The van der Waals surface area contributed by atoms with Crippen LogP contribution < -0.4 is 5.32 Å². The molecule has 0 saturated carbocycles. The summed E-state index contributed by atoms with van der Waals surface area (Å²) in [5, 5.41) is 12.7. The quantitative estimate of drug-likeness (QED) is 0.830. The van der Waals surface area contributed by atoms with Crippen LogP contribution in [0.3, 0.4) is 0 Å². The van der Waals surface area contributed by atoms with Gasteiger partial charge in [0.2, 0.25) is 0 Å². The van der Waals surface area contributed by atoms with Gasteiger partial charge >= 0.3 is 5.97 Å². The molecule has 0 fully saturated rings. The molecule has 5 heteroatoms. The van der Waals surface area contributed by atoms with Crippen molar-refractivity contribution in [3.63, 3.8) is 0 Å². The summed E-state index contributed by atoms with van der Waals surface area (Å²) in [6.07, 6.45) is 0. The number of nitrogens with zero attached hydrogens (tertiary/aromatic N) is 1. The third-order valence-electron chi connectivity index (χ3n) is 2.52. The van der Waals surface area contributed by atoms with E-state index in [1.807, 2.05) is 20.8 Å². The summed E-state index contributed by atoms with van der Waals surface area (Å²) >= 11 is 1.56. The number of carboxylic acids is 1. The average Bonchev–Trinajstić information content (AvgIpc) is 2.44. The minimum absolute atomic E-state index is 0.118. The van der Waals surface area contributed by atoms with Crippen LogP contribution in [0.5, 0.6) is 0 Å². The number of aliphatic carboxylic acids is 1. The van der Waals surface area contributed by atoms with Crippen LogP contribution in [0.4, 0.5) is 5.13 Å². The van der Waals surface area contributed by atoms with E-state index in [1.165, 1.54) is 0 Å². The lowest BCUT2D eigenvalue weighted by atomic mass is 10.1. The Hall–Kier alpha value is -1.10. The predicted molar refractivity (Wildman–Crippen MR) is 61.5 cm³/mol. The van der Waals surface area contributed by atoms with Crippen molar-refractivity contribution in [3.8, 4) is 0 Å². The first kappa shape index (κ1) is 12.0. The maximum atomic E-state index is 10.7. The maximum absolute atomic E-state index is 10.7. The van der Waals surface area contributed by atoms with Crippen molar-refractivity contribution in [2.24, 2.45) is 5.92 Å². The number of aryl methyl sites for hydroxylation is 2. The summed E-state index contributed by atoms with van der Waals surface area (Å²) in [6.45, 7) is 7.49. The van der Waals surface area contributed by atoms with Crippen LogP contribution in [0.15, 0.2) is 0 Å². The number of carboxylic acid groups (broad SMARTS) is 1. The summed E-state index contributed by atoms with van der Waals surface area (Å²) in [4.78, 5) is 16.2. The Labute approximate surface area is 93.4 Å².